The van der Waals surface area contributed by atoms with Crippen molar-refractivity contribution in [3.05, 3.63) is 23.3 Å². The first-order chi connectivity index (χ1) is 6.90. The first kappa shape index (κ1) is 11.9. The average molecular weight is 208 g/mol. The maximum Gasteiger partial charge on any atom is 0.125 e. The average Bonchev–Trinajstić information content (AvgIpc) is 2.16. The highest BCUT2D eigenvalue weighted by atomic mass is 16.5. The van der Waals surface area contributed by atoms with Gasteiger partial charge in [0.2, 0.25) is 0 Å². The SMILES string of the molecule is COc1cc(C(C)(C)C)cc(OC)c1C. The lowest BCUT2D eigenvalue weighted by molar-refractivity contribution is 0.385. The Bertz CT molecular complexity index is 323. The fourth-order valence-electron chi connectivity index (χ4n) is 1.52. The molecular formula is C13H20O2. The highest BCUT2D eigenvalue weighted by molar-refractivity contribution is 5.48. The van der Waals surface area contributed by atoms with Crippen molar-refractivity contribution in [2.45, 2.75) is 33.1 Å². The first-order valence-electron chi connectivity index (χ1n) is 5.13. The third-order valence-electron chi connectivity index (χ3n) is 2.62. The summed E-state index contributed by atoms with van der Waals surface area (Å²) in [6.07, 6.45) is 0. The minimum absolute atomic E-state index is 0.105. The molecule has 0 radical (unpaired) electrons. The van der Waals surface area contributed by atoms with Crippen molar-refractivity contribution in [1.82, 2.24) is 0 Å². The summed E-state index contributed by atoms with van der Waals surface area (Å²) in [5, 5.41) is 0. The summed E-state index contributed by atoms with van der Waals surface area (Å²) in [4.78, 5) is 0. The van der Waals surface area contributed by atoms with Crippen LogP contribution in [-0.2, 0) is 5.41 Å². The molecule has 0 heterocycles. The van der Waals surface area contributed by atoms with E-state index in [0.717, 1.165) is 17.1 Å². The van der Waals surface area contributed by atoms with Crippen LogP contribution in [0.3, 0.4) is 0 Å². The van der Waals surface area contributed by atoms with Crippen molar-refractivity contribution < 1.29 is 9.47 Å². The van der Waals surface area contributed by atoms with Gasteiger partial charge < -0.3 is 9.47 Å². The molecule has 0 unspecified atom stereocenters. The van der Waals surface area contributed by atoms with E-state index in [4.69, 9.17) is 9.47 Å². The summed E-state index contributed by atoms with van der Waals surface area (Å²) in [6, 6.07) is 4.16. The number of ether oxygens (including phenoxy) is 2. The number of hydrogen-bond acceptors (Lipinski definition) is 2. The van der Waals surface area contributed by atoms with Gasteiger partial charge in [0, 0.05) is 5.56 Å². The quantitative estimate of drug-likeness (QED) is 0.742. The van der Waals surface area contributed by atoms with Crippen LogP contribution in [0.2, 0.25) is 0 Å². The Morgan fingerprint density at radius 3 is 1.60 bits per heavy atom. The van der Waals surface area contributed by atoms with Crippen LogP contribution in [0.15, 0.2) is 12.1 Å². The molecule has 0 amide bonds. The smallest absolute Gasteiger partial charge is 0.125 e. The predicted octanol–water partition coefficient (Wildman–Crippen LogP) is 3.31. The van der Waals surface area contributed by atoms with Crippen molar-refractivity contribution in [2.75, 3.05) is 14.2 Å². The number of hydrogen-bond donors (Lipinski definition) is 0. The van der Waals surface area contributed by atoms with E-state index in [1.54, 1.807) is 14.2 Å². The monoisotopic (exact) mass is 208 g/mol. The Hall–Kier alpha value is -1.18. The standard InChI is InChI=1S/C13H20O2/c1-9-11(14-5)7-10(13(2,3)4)8-12(9)15-6/h7-8H,1-6H3. The highest BCUT2D eigenvalue weighted by Crippen LogP contribution is 2.34. The summed E-state index contributed by atoms with van der Waals surface area (Å²) in [5.74, 6) is 1.78. The van der Waals surface area contributed by atoms with Crippen LogP contribution in [0, 0.1) is 6.92 Å². The zero-order valence-corrected chi connectivity index (χ0v) is 10.5. The lowest BCUT2D eigenvalue weighted by atomic mass is 9.86. The van der Waals surface area contributed by atoms with Gasteiger partial charge in [-0.15, -0.1) is 0 Å². The van der Waals surface area contributed by atoms with Gasteiger partial charge in [0.15, 0.2) is 0 Å². The van der Waals surface area contributed by atoms with Crippen molar-refractivity contribution in [3.63, 3.8) is 0 Å². The van der Waals surface area contributed by atoms with E-state index < -0.39 is 0 Å². The molecule has 0 aliphatic carbocycles. The predicted molar refractivity (Wildman–Crippen MR) is 63.0 cm³/mol. The Morgan fingerprint density at radius 1 is 0.933 bits per heavy atom. The van der Waals surface area contributed by atoms with Crippen molar-refractivity contribution in [3.8, 4) is 11.5 Å². The van der Waals surface area contributed by atoms with Gasteiger partial charge >= 0.3 is 0 Å². The molecule has 0 N–H and O–H groups in total. The van der Waals surface area contributed by atoms with Crippen molar-refractivity contribution in [2.24, 2.45) is 0 Å². The molecule has 0 bridgehead atoms. The van der Waals surface area contributed by atoms with Gasteiger partial charge in [-0.05, 0) is 30.0 Å². The molecule has 1 aromatic rings. The lowest BCUT2D eigenvalue weighted by Gasteiger charge is -2.22. The van der Waals surface area contributed by atoms with Gasteiger partial charge in [-0.25, -0.2) is 0 Å². The lowest BCUT2D eigenvalue weighted by Crippen LogP contribution is -2.11. The zero-order valence-electron chi connectivity index (χ0n) is 10.5. The van der Waals surface area contributed by atoms with E-state index in [2.05, 4.69) is 32.9 Å². The highest BCUT2D eigenvalue weighted by Gasteiger charge is 2.18. The van der Waals surface area contributed by atoms with Gasteiger partial charge in [0.05, 0.1) is 14.2 Å². The molecular weight excluding hydrogens is 188 g/mol. The number of rotatable bonds is 2. The van der Waals surface area contributed by atoms with Crippen molar-refractivity contribution in [1.29, 1.82) is 0 Å². The van der Waals surface area contributed by atoms with E-state index in [0.29, 0.717) is 0 Å². The summed E-state index contributed by atoms with van der Waals surface area (Å²) < 4.78 is 10.7. The second-order valence-corrected chi connectivity index (χ2v) is 4.76. The summed E-state index contributed by atoms with van der Waals surface area (Å²) in [7, 11) is 3.38. The molecule has 0 aromatic heterocycles. The van der Waals surface area contributed by atoms with Gasteiger partial charge in [-0.3, -0.25) is 0 Å². The van der Waals surface area contributed by atoms with Crippen LogP contribution in [-0.4, -0.2) is 14.2 Å². The van der Waals surface area contributed by atoms with Crippen LogP contribution in [0.5, 0.6) is 11.5 Å². The van der Waals surface area contributed by atoms with Gasteiger partial charge in [-0.1, -0.05) is 20.8 Å². The van der Waals surface area contributed by atoms with E-state index in [-0.39, 0.29) is 5.41 Å². The second-order valence-electron chi connectivity index (χ2n) is 4.76. The maximum atomic E-state index is 5.34. The molecule has 1 rings (SSSR count). The molecule has 0 fully saturated rings. The Balaban J connectivity index is 3.33. The molecule has 15 heavy (non-hydrogen) atoms. The first-order valence-corrected chi connectivity index (χ1v) is 5.13. The normalized spacial score (nSPS) is 11.3. The Labute approximate surface area is 92.2 Å². The molecule has 0 spiro atoms. The Morgan fingerprint density at radius 2 is 1.33 bits per heavy atom. The van der Waals surface area contributed by atoms with E-state index in [1.165, 1.54) is 5.56 Å². The van der Waals surface area contributed by atoms with Crippen LogP contribution < -0.4 is 9.47 Å². The fourth-order valence-corrected chi connectivity index (χ4v) is 1.52. The van der Waals surface area contributed by atoms with E-state index in [1.807, 2.05) is 6.92 Å². The summed E-state index contributed by atoms with van der Waals surface area (Å²) in [6.45, 7) is 8.54. The van der Waals surface area contributed by atoms with Gasteiger partial charge in [-0.2, -0.15) is 0 Å². The molecule has 2 heteroatoms. The van der Waals surface area contributed by atoms with Crippen LogP contribution in [0.1, 0.15) is 31.9 Å². The largest absolute Gasteiger partial charge is 0.496 e. The molecule has 0 saturated heterocycles. The van der Waals surface area contributed by atoms with Crippen LogP contribution in [0.25, 0.3) is 0 Å². The minimum Gasteiger partial charge on any atom is -0.496 e. The van der Waals surface area contributed by atoms with E-state index >= 15 is 0 Å². The molecule has 0 aliphatic rings. The molecule has 84 valence electrons. The second kappa shape index (κ2) is 4.13. The number of benzene rings is 1. The van der Waals surface area contributed by atoms with Gasteiger partial charge in [0.25, 0.3) is 0 Å². The zero-order chi connectivity index (χ0) is 11.6. The Kier molecular flexibility index (Phi) is 3.28. The number of methoxy groups -OCH3 is 2. The minimum atomic E-state index is 0.105. The van der Waals surface area contributed by atoms with Crippen LogP contribution >= 0.6 is 0 Å². The molecule has 2 nitrogen and oxygen atoms in total. The summed E-state index contributed by atoms with van der Waals surface area (Å²) in [5.41, 5.74) is 2.38. The molecule has 0 aliphatic heterocycles. The van der Waals surface area contributed by atoms with E-state index in [9.17, 15) is 0 Å². The summed E-state index contributed by atoms with van der Waals surface area (Å²) >= 11 is 0. The molecule has 1 aromatic carbocycles. The molecule has 0 atom stereocenters. The topological polar surface area (TPSA) is 18.5 Å². The third kappa shape index (κ3) is 2.44. The van der Waals surface area contributed by atoms with Crippen molar-refractivity contribution >= 4 is 0 Å². The van der Waals surface area contributed by atoms with Gasteiger partial charge in [0.1, 0.15) is 11.5 Å². The molecule has 0 saturated carbocycles. The third-order valence-corrected chi connectivity index (χ3v) is 2.62. The fraction of sp³-hybridized carbons (Fsp3) is 0.538. The van der Waals surface area contributed by atoms with Crippen LogP contribution in [0.4, 0.5) is 0 Å². The maximum absolute atomic E-state index is 5.34.